The van der Waals surface area contributed by atoms with Gasteiger partial charge in [-0.3, -0.25) is 4.79 Å². The minimum Gasteiger partial charge on any atom is -0.434 e. The van der Waals surface area contributed by atoms with Crippen molar-refractivity contribution in [2.45, 2.75) is 31.8 Å². The van der Waals surface area contributed by atoms with Gasteiger partial charge in [0.2, 0.25) is 0 Å². The highest BCUT2D eigenvalue weighted by Crippen LogP contribution is 2.34. The molecule has 0 spiro atoms. The predicted molar refractivity (Wildman–Crippen MR) is 76.6 cm³/mol. The molecule has 0 radical (unpaired) electrons. The minimum atomic E-state index is -1.27. The summed E-state index contributed by atoms with van der Waals surface area (Å²) in [5, 5.41) is 9.77. The number of carbonyl (C=O) groups is 1. The number of amides is 1. The number of aliphatic hydroxyl groups is 1. The fourth-order valence-corrected chi connectivity index (χ4v) is 3.24. The number of carbonyl (C=O) groups excluding carboxylic acids is 1. The lowest BCUT2D eigenvalue weighted by molar-refractivity contribution is -0.775. The lowest BCUT2D eigenvalue weighted by Crippen LogP contribution is -3.00. The summed E-state index contributed by atoms with van der Waals surface area (Å²) in [6.45, 7) is 5.57. The van der Waals surface area contributed by atoms with E-state index < -0.39 is 5.60 Å². The summed E-state index contributed by atoms with van der Waals surface area (Å²) >= 11 is 0. The molecule has 20 heavy (non-hydrogen) atoms. The van der Waals surface area contributed by atoms with Crippen LogP contribution in [0.3, 0.4) is 0 Å². The van der Waals surface area contributed by atoms with Gasteiger partial charge in [0.05, 0.1) is 6.54 Å². The monoisotopic (exact) mass is 274 g/mol. The highest BCUT2D eigenvalue weighted by Gasteiger charge is 2.39. The number of nitrogens with one attached hydrogen (secondary N) is 1. The van der Waals surface area contributed by atoms with Crippen LogP contribution < -0.4 is 4.90 Å². The molecule has 2 N–H and O–H groups in total. The second-order valence-electron chi connectivity index (χ2n) is 6.44. The Hall–Kier alpha value is -1.39. The van der Waals surface area contributed by atoms with E-state index >= 15 is 0 Å². The molecule has 1 aromatic rings. The van der Waals surface area contributed by atoms with Crippen LogP contribution in [0.1, 0.15) is 30.9 Å². The first kappa shape index (κ1) is 13.6. The smallest absolute Gasteiger partial charge is 0.253 e. The van der Waals surface area contributed by atoms with Crippen LogP contribution in [0, 0.1) is 7.05 Å². The van der Waals surface area contributed by atoms with Crippen LogP contribution in [0.15, 0.2) is 18.2 Å². The normalized spacial score (nSPS) is 22.6. The van der Waals surface area contributed by atoms with E-state index in [1.54, 1.807) is 18.7 Å². The second-order valence-corrected chi connectivity index (χ2v) is 6.44. The molecule has 0 aromatic heterocycles. The molecule has 1 unspecified atom stereocenters. The Morgan fingerprint density at radius 2 is 2.15 bits per heavy atom. The number of fused-ring (bicyclic) bond motifs is 1. The largest absolute Gasteiger partial charge is 0.434 e. The van der Waals surface area contributed by atoms with Gasteiger partial charge in [0, 0.05) is 31.0 Å². The van der Waals surface area contributed by atoms with Gasteiger partial charge in [-0.2, -0.15) is 0 Å². The van der Waals surface area contributed by atoms with Crippen LogP contribution in [0.25, 0.3) is 0 Å². The highest BCUT2D eigenvalue weighted by atomic mass is 16.3. The third kappa shape index (κ3) is 2.13. The van der Waals surface area contributed by atoms with E-state index in [4.69, 9.17) is 0 Å². The van der Waals surface area contributed by atoms with Crippen molar-refractivity contribution >= 4 is 11.6 Å². The van der Waals surface area contributed by atoms with E-state index in [1.807, 2.05) is 0 Å². The summed E-state index contributed by atoms with van der Waals surface area (Å²) in [6, 6.07) is 6.41. The van der Waals surface area contributed by atoms with Crippen molar-refractivity contribution in [1.82, 2.24) is 4.90 Å². The molecule has 3 rings (SSSR count). The van der Waals surface area contributed by atoms with E-state index in [1.165, 1.54) is 21.7 Å². The molecule has 2 aliphatic heterocycles. The summed E-state index contributed by atoms with van der Waals surface area (Å²) in [5.74, 6) is 0.230. The molecule has 1 aromatic carbocycles. The molecule has 1 amide bonds. The van der Waals surface area contributed by atoms with Gasteiger partial charge in [-0.25, -0.2) is 0 Å². The molecule has 1 atom stereocenters. The molecule has 108 valence electrons. The van der Waals surface area contributed by atoms with Crippen molar-refractivity contribution in [3.8, 4) is 0 Å². The standard InChI is InChI=1S/C16H22N2O2/c1-16(2,20)15(19)18-9-11(10-18)12-5-4-6-14-13(12)7-8-17(14)3/h4-6,11,17,20H,3,7-10H2,1-2H3. The molecule has 0 bridgehead atoms. The van der Waals surface area contributed by atoms with E-state index in [-0.39, 0.29) is 5.91 Å². The maximum Gasteiger partial charge on any atom is 0.253 e. The Morgan fingerprint density at radius 1 is 1.45 bits per heavy atom. The van der Waals surface area contributed by atoms with Gasteiger partial charge in [-0.15, -0.1) is 7.05 Å². The van der Waals surface area contributed by atoms with Gasteiger partial charge in [0.25, 0.3) is 5.91 Å². The number of likely N-dealkylation sites (tertiary alicyclic amines) is 1. The number of benzene rings is 1. The molecule has 4 nitrogen and oxygen atoms in total. The minimum absolute atomic E-state index is 0.175. The molecular weight excluding hydrogens is 252 g/mol. The molecular formula is C16H22N2O2. The van der Waals surface area contributed by atoms with Crippen molar-refractivity contribution in [3.05, 3.63) is 36.4 Å². The van der Waals surface area contributed by atoms with Gasteiger partial charge in [-0.05, 0) is 25.5 Å². The van der Waals surface area contributed by atoms with E-state index in [0.717, 1.165) is 13.0 Å². The number of rotatable bonds is 2. The maximum atomic E-state index is 12.0. The van der Waals surface area contributed by atoms with Crippen molar-refractivity contribution in [2.24, 2.45) is 0 Å². The topological polar surface area (TPSA) is 45.0 Å². The van der Waals surface area contributed by atoms with Crippen LogP contribution in [-0.4, -0.2) is 41.1 Å². The lowest BCUT2D eigenvalue weighted by atomic mass is 9.86. The van der Waals surface area contributed by atoms with E-state index in [2.05, 4.69) is 25.2 Å². The highest BCUT2D eigenvalue weighted by molar-refractivity contribution is 5.85. The molecule has 4 heteroatoms. The first-order valence-electron chi connectivity index (χ1n) is 7.19. The summed E-state index contributed by atoms with van der Waals surface area (Å²) < 4.78 is 0. The predicted octanol–water partition coefficient (Wildman–Crippen LogP) is 0.247. The van der Waals surface area contributed by atoms with Crippen LogP contribution in [-0.2, 0) is 11.2 Å². The Morgan fingerprint density at radius 3 is 2.80 bits per heavy atom. The summed E-state index contributed by atoms with van der Waals surface area (Å²) in [5.41, 5.74) is 2.81. The van der Waals surface area contributed by atoms with Crippen molar-refractivity contribution in [2.75, 3.05) is 19.6 Å². The summed E-state index contributed by atoms with van der Waals surface area (Å²) in [4.78, 5) is 14.9. The van der Waals surface area contributed by atoms with Gasteiger partial charge < -0.3 is 14.9 Å². The third-order valence-corrected chi connectivity index (χ3v) is 4.40. The van der Waals surface area contributed by atoms with E-state index in [9.17, 15) is 9.90 Å². The van der Waals surface area contributed by atoms with Gasteiger partial charge in [0.15, 0.2) is 0 Å². The fourth-order valence-electron chi connectivity index (χ4n) is 3.24. The van der Waals surface area contributed by atoms with Gasteiger partial charge in [0.1, 0.15) is 11.3 Å². The Labute approximate surface area is 120 Å². The SMILES string of the molecule is [CH2-][NH+]1CCc2c(C3CN(C(=O)C(C)(C)O)C3)cccc21. The van der Waals surface area contributed by atoms with Crippen molar-refractivity contribution in [1.29, 1.82) is 0 Å². The number of hydrogen-bond donors (Lipinski definition) is 2. The average Bonchev–Trinajstić information content (AvgIpc) is 2.69. The lowest BCUT2D eigenvalue weighted by Gasteiger charge is -2.42. The molecule has 0 aliphatic carbocycles. The second kappa shape index (κ2) is 4.57. The fraction of sp³-hybridized carbons (Fsp3) is 0.500. The zero-order valence-electron chi connectivity index (χ0n) is 12.1. The average molecular weight is 274 g/mol. The number of hydrogen-bond acceptors (Lipinski definition) is 2. The Bertz CT molecular complexity index is 542. The number of nitrogens with zero attached hydrogens (tertiary/aromatic N) is 1. The Kier molecular flexibility index (Phi) is 3.10. The molecule has 1 saturated heterocycles. The van der Waals surface area contributed by atoms with E-state index in [0.29, 0.717) is 19.0 Å². The number of quaternary nitrogens is 1. The maximum absolute atomic E-state index is 12.0. The quantitative estimate of drug-likeness (QED) is 0.759. The zero-order valence-corrected chi connectivity index (χ0v) is 12.1. The van der Waals surface area contributed by atoms with Gasteiger partial charge in [-0.1, -0.05) is 12.1 Å². The summed E-state index contributed by atoms with van der Waals surface area (Å²) in [6.07, 6.45) is 1.07. The first-order chi connectivity index (χ1) is 9.38. The van der Waals surface area contributed by atoms with Crippen molar-refractivity contribution < 1.29 is 14.8 Å². The van der Waals surface area contributed by atoms with Gasteiger partial charge >= 0.3 is 0 Å². The van der Waals surface area contributed by atoms with Crippen LogP contribution in [0.4, 0.5) is 5.69 Å². The molecule has 2 aliphatic rings. The third-order valence-electron chi connectivity index (χ3n) is 4.40. The molecule has 0 saturated carbocycles. The first-order valence-corrected chi connectivity index (χ1v) is 7.19. The van der Waals surface area contributed by atoms with Crippen LogP contribution in [0.2, 0.25) is 0 Å². The van der Waals surface area contributed by atoms with Crippen LogP contribution in [0.5, 0.6) is 0 Å². The Balaban J connectivity index is 1.74. The summed E-state index contributed by atoms with van der Waals surface area (Å²) in [7, 11) is 4.12. The molecule has 2 heterocycles. The van der Waals surface area contributed by atoms with Crippen molar-refractivity contribution in [3.63, 3.8) is 0 Å². The zero-order chi connectivity index (χ0) is 14.5. The van der Waals surface area contributed by atoms with Crippen LogP contribution >= 0.6 is 0 Å². The molecule has 1 fully saturated rings.